The van der Waals surface area contributed by atoms with Crippen molar-refractivity contribution >= 4 is 35.1 Å². The SMILES string of the molecule is COCC(=O)OC(C)O/C(=C(\c1ccc(C(C)(C)C)cc1)C1C=N1)c1c(Cl)c(C)nn1C. The van der Waals surface area contributed by atoms with E-state index in [4.69, 9.17) is 25.8 Å². The molecule has 0 amide bonds. The topological polar surface area (TPSA) is 74.9 Å². The summed E-state index contributed by atoms with van der Waals surface area (Å²) in [4.78, 5) is 16.3. The van der Waals surface area contributed by atoms with E-state index in [0.717, 1.165) is 11.1 Å². The highest BCUT2D eigenvalue weighted by molar-refractivity contribution is 6.33. The van der Waals surface area contributed by atoms with Crippen molar-refractivity contribution in [2.75, 3.05) is 13.7 Å². The lowest BCUT2D eigenvalue weighted by Gasteiger charge is -2.22. The maximum absolute atomic E-state index is 11.9. The summed E-state index contributed by atoms with van der Waals surface area (Å²) in [6, 6.07) is 8.17. The van der Waals surface area contributed by atoms with Gasteiger partial charge >= 0.3 is 5.97 Å². The summed E-state index contributed by atoms with van der Waals surface area (Å²) in [5.41, 5.74) is 4.31. The highest BCUT2D eigenvalue weighted by Crippen LogP contribution is 2.39. The van der Waals surface area contributed by atoms with Gasteiger partial charge in [-0.15, -0.1) is 0 Å². The Hall–Kier alpha value is -2.64. The number of halogens is 1. The Balaban J connectivity index is 2.10. The molecule has 2 atom stereocenters. The van der Waals surface area contributed by atoms with E-state index < -0.39 is 12.3 Å². The molecule has 1 aliphatic heterocycles. The first kappa shape index (κ1) is 24.0. The Labute approximate surface area is 194 Å². The lowest BCUT2D eigenvalue weighted by atomic mass is 9.86. The fourth-order valence-electron chi connectivity index (χ4n) is 3.43. The fraction of sp³-hybridized carbons (Fsp3) is 0.458. The Morgan fingerprint density at radius 3 is 2.31 bits per heavy atom. The lowest BCUT2D eigenvalue weighted by Crippen LogP contribution is -2.22. The number of carbonyl (C=O) groups excluding carboxylic acids is 1. The van der Waals surface area contributed by atoms with Crippen molar-refractivity contribution in [2.24, 2.45) is 12.0 Å². The van der Waals surface area contributed by atoms with Crippen LogP contribution in [0.5, 0.6) is 0 Å². The van der Waals surface area contributed by atoms with Crippen molar-refractivity contribution in [3.05, 3.63) is 51.8 Å². The van der Waals surface area contributed by atoms with Crippen molar-refractivity contribution in [1.29, 1.82) is 0 Å². The van der Waals surface area contributed by atoms with E-state index in [2.05, 4.69) is 55.1 Å². The van der Waals surface area contributed by atoms with Crippen LogP contribution in [0, 0.1) is 6.92 Å². The molecule has 0 saturated heterocycles. The summed E-state index contributed by atoms with van der Waals surface area (Å²) in [6.45, 7) is 9.84. The van der Waals surface area contributed by atoms with Gasteiger partial charge in [0.25, 0.3) is 0 Å². The number of benzene rings is 1. The van der Waals surface area contributed by atoms with E-state index in [-0.39, 0.29) is 18.1 Å². The van der Waals surface area contributed by atoms with Crippen molar-refractivity contribution in [3.8, 4) is 0 Å². The molecule has 3 rings (SSSR count). The summed E-state index contributed by atoms with van der Waals surface area (Å²) in [5.74, 6) is -0.0489. The van der Waals surface area contributed by atoms with Gasteiger partial charge in [-0.2, -0.15) is 5.10 Å². The lowest BCUT2D eigenvalue weighted by molar-refractivity contribution is -0.168. The highest BCUT2D eigenvalue weighted by Gasteiger charge is 2.31. The summed E-state index contributed by atoms with van der Waals surface area (Å²) in [7, 11) is 3.23. The summed E-state index contributed by atoms with van der Waals surface area (Å²) < 4.78 is 18.1. The minimum atomic E-state index is -0.874. The van der Waals surface area contributed by atoms with Crippen LogP contribution in [-0.4, -0.2) is 48.0 Å². The van der Waals surface area contributed by atoms with Crippen LogP contribution in [0.3, 0.4) is 0 Å². The van der Waals surface area contributed by atoms with Gasteiger partial charge in [0.05, 0.1) is 10.7 Å². The molecule has 0 aliphatic carbocycles. The number of rotatable bonds is 8. The van der Waals surface area contributed by atoms with Crippen LogP contribution in [0.4, 0.5) is 0 Å². The number of aryl methyl sites for hydroxylation is 2. The Kier molecular flexibility index (Phi) is 7.10. The van der Waals surface area contributed by atoms with Crippen molar-refractivity contribution in [1.82, 2.24) is 9.78 Å². The molecule has 0 spiro atoms. The molecule has 7 nitrogen and oxygen atoms in total. The zero-order chi connectivity index (χ0) is 23.6. The second-order valence-electron chi connectivity index (χ2n) is 8.79. The second kappa shape index (κ2) is 9.46. The molecular weight excluding hydrogens is 430 g/mol. The van der Waals surface area contributed by atoms with E-state index in [1.165, 1.54) is 12.7 Å². The van der Waals surface area contributed by atoms with E-state index in [9.17, 15) is 4.79 Å². The molecule has 2 aromatic rings. The molecule has 8 heteroatoms. The standard InChI is InChI=1S/C24H30ClN3O4/c1-14-21(25)22(28(6)27-14)23(32-15(2)31-19(29)13-30-7)20(18-12-26-18)16-8-10-17(11-9-16)24(3,4)5/h8-12,15,18H,13H2,1-7H3/b23-20+. The van der Waals surface area contributed by atoms with Crippen LogP contribution >= 0.6 is 11.6 Å². The van der Waals surface area contributed by atoms with Gasteiger partial charge in [-0.25, -0.2) is 4.79 Å². The highest BCUT2D eigenvalue weighted by atomic mass is 35.5. The van der Waals surface area contributed by atoms with E-state index in [1.54, 1.807) is 18.7 Å². The predicted octanol–water partition coefficient (Wildman–Crippen LogP) is 4.55. The number of methoxy groups -OCH3 is 1. The van der Waals surface area contributed by atoms with Gasteiger partial charge in [-0.05, 0) is 23.5 Å². The molecule has 1 aliphatic rings. The minimum Gasteiger partial charge on any atom is -0.452 e. The van der Waals surface area contributed by atoms with Crippen LogP contribution in [0.2, 0.25) is 5.02 Å². The molecule has 172 valence electrons. The first-order valence-electron chi connectivity index (χ1n) is 10.5. The molecule has 2 unspecified atom stereocenters. The quantitative estimate of drug-likeness (QED) is 0.329. The number of nitrogens with zero attached hydrogens (tertiary/aromatic N) is 3. The van der Waals surface area contributed by atoms with E-state index in [1.807, 2.05) is 13.1 Å². The first-order valence-corrected chi connectivity index (χ1v) is 10.8. The molecule has 1 aromatic heterocycles. The van der Waals surface area contributed by atoms with Crippen molar-refractivity contribution < 1.29 is 19.0 Å². The normalized spacial score (nSPS) is 17.1. The Bertz CT molecular complexity index is 1040. The van der Waals surface area contributed by atoms with E-state index in [0.29, 0.717) is 22.2 Å². The third-order valence-corrected chi connectivity index (χ3v) is 5.56. The number of aromatic nitrogens is 2. The predicted molar refractivity (Wildman–Crippen MR) is 126 cm³/mol. The maximum Gasteiger partial charge on any atom is 0.335 e. The Morgan fingerprint density at radius 2 is 1.84 bits per heavy atom. The van der Waals surface area contributed by atoms with Crippen LogP contribution in [0.1, 0.15) is 50.2 Å². The monoisotopic (exact) mass is 459 g/mol. The van der Waals surface area contributed by atoms with Gasteiger partial charge in [0, 0.05) is 32.9 Å². The smallest absolute Gasteiger partial charge is 0.335 e. The average Bonchev–Trinajstić information content (AvgIpc) is 3.48. The number of esters is 1. The zero-order valence-electron chi connectivity index (χ0n) is 19.6. The van der Waals surface area contributed by atoms with Crippen molar-refractivity contribution in [2.45, 2.75) is 52.4 Å². The number of aliphatic imine (C=N–C) groups is 1. The van der Waals surface area contributed by atoms with Crippen LogP contribution in [0.25, 0.3) is 11.3 Å². The van der Waals surface area contributed by atoms with Crippen LogP contribution < -0.4 is 0 Å². The molecule has 1 aromatic carbocycles. The van der Waals surface area contributed by atoms with Gasteiger partial charge in [0.2, 0.25) is 6.29 Å². The first-order chi connectivity index (χ1) is 15.0. The number of ether oxygens (including phenoxy) is 3. The van der Waals surface area contributed by atoms with Gasteiger partial charge in [0.1, 0.15) is 18.3 Å². The van der Waals surface area contributed by atoms with Crippen LogP contribution in [0.15, 0.2) is 29.3 Å². The fourth-order valence-corrected chi connectivity index (χ4v) is 3.68. The van der Waals surface area contributed by atoms with Gasteiger partial charge < -0.3 is 14.2 Å². The summed E-state index contributed by atoms with van der Waals surface area (Å²) >= 11 is 6.62. The average molecular weight is 460 g/mol. The van der Waals surface area contributed by atoms with Crippen LogP contribution in [-0.2, 0) is 31.5 Å². The van der Waals surface area contributed by atoms with Gasteiger partial charge in [0.15, 0.2) is 5.76 Å². The molecule has 2 heterocycles. The molecular formula is C24H30ClN3O4. The largest absolute Gasteiger partial charge is 0.452 e. The molecule has 0 radical (unpaired) electrons. The summed E-state index contributed by atoms with van der Waals surface area (Å²) in [6.07, 6.45) is 0.969. The minimum absolute atomic E-state index is 0.0321. The van der Waals surface area contributed by atoms with Crippen molar-refractivity contribution in [3.63, 3.8) is 0 Å². The molecule has 0 saturated carbocycles. The zero-order valence-corrected chi connectivity index (χ0v) is 20.4. The van der Waals surface area contributed by atoms with E-state index >= 15 is 0 Å². The Morgan fingerprint density at radius 1 is 1.22 bits per heavy atom. The summed E-state index contributed by atoms with van der Waals surface area (Å²) in [5, 5.41) is 4.91. The third kappa shape index (κ3) is 5.40. The maximum atomic E-state index is 11.9. The number of hydrogen-bond donors (Lipinski definition) is 0. The second-order valence-corrected chi connectivity index (χ2v) is 9.17. The van der Waals surface area contributed by atoms with Gasteiger partial charge in [-0.3, -0.25) is 9.67 Å². The van der Waals surface area contributed by atoms with Gasteiger partial charge in [-0.1, -0.05) is 56.6 Å². The third-order valence-electron chi connectivity index (χ3n) is 5.11. The molecule has 0 bridgehead atoms. The molecule has 0 N–H and O–H groups in total. The number of hydrogen-bond acceptors (Lipinski definition) is 6. The number of carbonyl (C=O) groups is 1. The molecule has 32 heavy (non-hydrogen) atoms. The molecule has 0 fully saturated rings.